The highest BCUT2D eigenvalue weighted by atomic mass is 16.6. The van der Waals surface area contributed by atoms with E-state index in [-0.39, 0.29) is 6.10 Å². The van der Waals surface area contributed by atoms with Crippen molar-refractivity contribution in [1.29, 1.82) is 0 Å². The summed E-state index contributed by atoms with van der Waals surface area (Å²) in [6.45, 7) is 5.14. The summed E-state index contributed by atoms with van der Waals surface area (Å²) in [5.41, 5.74) is 1.78. The van der Waals surface area contributed by atoms with Gasteiger partial charge in [-0.05, 0) is 50.2 Å². The number of rotatable bonds is 6. The number of anilines is 4. The van der Waals surface area contributed by atoms with Gasteiger partial charge in [0.05, 0.1) is 6.10 Å². The summed E-state index contributed by atoms with van der Waals surface area (Å²) in [5.74, 6) is 3.69. The van der Waals surface area contributed by atoms with Gasteiger partial charge in [0.25, 0.3) is 0 Å². The van der Waals surface area contributed by atoms with Crippen LogP contribution in [-0.4, -0.2) is 29.3 Å². The minimum atomic E-state index is 0.148. The fourth-order valence-corrected chi connectivity index (χ4v) is 2.80. The molecule has 0 unspecified atom stereocenters. The smallest absolute Gasteiger partial charge is 0.163 e. The average Bonchev–Trinajstić information content (AvgIpc) is 2.69. The summed E-state index contributed by atoms with van der Waals surface area (Å²) >= 11 is 0. The molecular weight excluding hydrogens is 356 g/mol. The number of nitrogens with zero attached hydrogens (tertiary/aromatic N) is 2. The Labute approximate surface area is 163 Å². The maximum absolute atomic E-state index is 5.66. The Hall–Kier alpha value is -3.48. The number of benzene rings is 2. The van der Waals surface area contributed by atoms with Crippen molar-refractivity contribution in [2.75, 3.05) is 23.8 Å². The first-order valence-electron chi connectivity index (χ1n) is 9.18. The van der Waals surface area contributed by atoms with Crippen molar-refractivity contribution in [3.05, 3.63) is 54.9 Å². The molecule has 1 aliphatic rings. The van der Waals surface area contributed by atoms with Gasteiger partial charge in [0, 0.05) is 23.5 Å². The van der Waals surface area contributed by atoms with E-state index in [1.54, 1.807) is 0 Å². The molecule has 0 radical (unpaired) electrons. The Bertz CT molecular complexity index is 945. The van der Waals surface area contributed by atoms with Crippen LogP contribution in [0, 0.1) is 0 Å². The van der Waals surface area contributed by atoms with Crippen molar-refractivity contribution < 1.29 is 14.2 Å². The van der Waals surface area contributed by atoms with Crippen LogP contribution < -0.4 is 24.8 Å². The van der Waals surface area contributed by atoms with Gasteiger partial charge in [0.1, 0.15) is 36.9 Å². The van der Waals surface area contributed by atoms with Crippen molar-refractivity contribution >= 4 is 23.0 Å². The molecule has 3 aromatic rings. The molecule has 0 bridgehead atoms. The average molecular weight is 378 g/mol. The number of ether oxygens (including phenoxy) is 3. The highest BCUT2D eigenvalue weighted by Crippen LogP contribution is 2.33. The fourth-order valence-electron chi connectivity index (χ4n) is 2.80. The molecule has 7 heteroatoms. The van der Waals surface area contributed by atoms with Crippen molar-refractivity contribution in [3.63, 3.8) is 0 Å². The van der Waals surface area contributed by atoms with Crippen LogP contribution in [-0.2, 0) is 0 Å². The Morgan fingerprint density at radius 3 is 2.18 bits per heavy atom. The van der Waals surface area contributed by atoms with Crippen molar-refractivity contribution in [1.82, 2.24) is 9.97 Å². The second kappa shape index (κ2) is 8.04. The fraction of sp³-hybridized carbons (Fsp3) is 0.238. The predicted octanol–water partition coefficient (Wildman–Crippen LogP) is 4.52. The minimum Gasteiger partial charge on any atom is -0.491 e. The van der Waals surface area contributed by atoms with Crippen molar-refractivity contribution in [2.45, 2.75) is 20.0 Å². The largest absolute Gasteiger partial charge is 0.491 e. The van der Waals surface area contributed by atoms with E-state index in [0.29, 0.717) is 24.8 Å². The van der Waals surface area contributed by atoms with Gasteiger partial charge in [0.15, 0.2) is 11.5 Å². The third-order valence-electron chi connectivity index (χ3n) is 3.98. The van der Waals surface area contributed by atoms with Gasteiger partial charge in [-0.25, -0.2) is 9.97 Å². The van der Waals surface area contributed by atoms with Crippen LogP contribution in [0.25, 0.3) is 0 Å². The molecule has 2 N–H and O–H groups in total. The van der Waals surface area contributed by atoms with Crippen LogP contribution in [0.3, 0.4) is 0 Å². The molecular formula is C21H22N4O3. The van der Waals surface area contributed by atoms with E-state index in [1.807, 2.05) is 62.4 Å². The first-order valence-corrected chi connectivity index (χ1v) is 9.18. The van der Waals surface area contributed by atoms with Gasteiger partial charge in [-0.15, -0.1) is 0 Å². The normalized spacial score (nSPS) is 12.5. The number of aromatic nitrogens is 2. The molecule has 0 atom stereocenters. The van der Waals surface area contributed by atoms with Crippen LogP contribution in [0.4, 0.5) is 23.0 Å². The third-order valence-corrected chi connectivity index (χ3v) is 3.98. The molecule has 1 aliphatic heterocycles. The highest BCUT2D eigenvalue weighted by molar-refractivity contribution is 5.65. The predicted molar refractivity (Wildman–Crippen MR) is 108 cm³/mol. The van der Waals surface area contributed by atoms with Crippen LogP contribution in [0.2, 0.25) is 0 Å². The quantitative estimate of drug-likeness (QED) is 0.653. The number of hydrogen-bond acceptors (Lipinski definition) is 7. The molecule has 2 heterocycles. The van der Waals surface area contributed by atoms with Crippen molar-refractivity contribution in [3.8, 4) is 17.2 Å². The molecule has 7 nitrogen and oxygen atoms in total. The summed E-state index contributed by atoms with van der Waals surface area (Å²) in [4.78, 5) is 8.56. The van der Waals surface area contributed by atoms with E-state index >= 15 is 0 Å². The molecule has 2 aromatic carbocycles. The Morgan fingerprint density at radius 2 is 1.46 bits per heavy atom. The van der Waals surface area contributed by atoms with Gasteiger partial charge >= 0.3 is 0 Å². The van der Waals surface area contributed by atoms with Gasteiger partial charge < -0.3 is 24.8 Å². The van der Waals surface area contributed by atoms with Gasteiger partial charge in [0.2, 0.25) is 0 Å². The van der Waals surface area contributed by atoms with Crippen LogP contribution in [0.5, 0.6) is 17.2 Å². The van der Waals surface area contributed by atoms with E-state index in [4.69, 9.17) is 14.2 Å². The summed E-state index contributed by atoms with van der Waals surface area (Å²) in [5, 5.41) is 6.53. The van der Waals surface area contributed by atoms with Crippen LogP contribution >= 0.6 is 0 Å². The molecule has 0 amide bonds. The molecule has 0 fully saturated rings. The van der Waals surface area contributed by atoms with Crippen molar-refractivity contribution in [2.24, 2.45) is 0 Å². The van der Waals surface area contributed by atoms with E-state index in [2.05, 4.69) is 20.6 Å². The molecule has 0 spiro atoms. The van der Waals surface area contributed by atoms with E-state index < -0.39 is 0 Å². The lowest BCUT2D eigenvalue weighted by molar-refractivity contribution is 0.171. The second-order valence-corrected chi connectivity index (χ2v) is 6.59. The highest BCUT2D eigenvalue weighted by Gasteiger charge is 2.12. The Balaban J connectivity index is 1.44. The summed E-state index contributed by atoms with van der Waals surface area (Å²) in [6.07, 6.45) is 1.66. The zero-order valence-electron chi connectivity index (χ0n) is 15.8. The van der Waals surface area contributed by atoms with Crippen LogP contribution in [0.1, 0.15) is 13.8 Å². The lowest BCUT2D eigenvalue weighted by Gasteiger charge is -2.19. The molecule has 28 heavy (non-hydrogen) atoms. The molecule has 144 valence electrons. The second-order valence-electron chi connectivity index (χ2n) is 6.59. The van der Waals surface area contributed by atoms with E-state index in [9.17, 15) is 0 Å². The standard InChI is InChI=1S/C21H22N4O3/c1-14(2)28-17-6-3-15(4-7-17)24-20-12-21(23-13-22-20)25-16-5-8-18-19(11-16)27-10-9-26-18/h3-8,11-14H,9-10H2,1-2H3,(H2,22,23,24,25). The maximum Gasteiger partial charge on any atom is 0.163 e. The molecule has 0 aliphatic carbocycles. The summed E-state index contributed by atoms with van der Waals surface area (Å²) in [6, 6.07) is 15.3. The van der Waals surface area contributed by atoms with Gasteiger partial charge in [-0.1, -0.05) is 0 Å². The topological polar surface area (TPSA) is 77.5 Å². The van der Waals surface area contributed by atoms with Crippen LogP contribution in [0.15, 0.2) is 54.9 Å². The Kier molecular flexibility index (Phi) is 5.14. The summed E-state index contributed by atoms with van der Waals surface area (Å²) in [7, 11) is 0. The Morgan fingerprint density at radius 1 is 0.821 bits per heavy atom. The first-order chi connectivity index (χ1) is 13.7. The zero-order chi connectivity index (χ0) is 19.3. The van der Waals surface area contributed by atoms with E-state index in [0.717, 1.165) is 28.6 Å². The maximum atomic E-state index is 5.66. The lowest BCUT2D eigenvalue weighted by Crippen LogP contribution is -2.15. The number of hydrogen-bond donors (Lipinski definition) is 2. The summed E-state index contributed by atoms with van der Waals surface area (Å²) < 4.78 is 16.8. The molecule has 4 rings (SSSR count). The van der Waals surface area contributed by atoms with Gasteiger partial charge in [-0.2, -0.15) is 0 Å². The minimum absolute atomic E-state index is 0.148. The number of nitrogens with one attached hydrogen (secondary N) is 2. The first kappa shape index (κ1) is 17.9. The SMILES string of the molecule is CC(C)Oc1ccc(Nc2cc(Nc3ccc4c(c3)OCCO4)ncn2)cc1. The number of fused-ring (bicyclic) bond motifs is 1. The zero-order valence-corrected chi connectivity index (χ0v) is 15.8. The lowest BCUT2D eigenvalue weighted by atomic mass is 10.2. The van der Waals surface area contributed by atoms with Gasteiger partial charge in [-0.3, -0.25) is 0 Å². The molecule has 0 saturated heterocycles. The third kappa shape index (κ3) is 4.43. The molecule has 1 aromatic heterocycles. The monoisotopic (exact) mass is 378 g/mol. The van der Waals surface area contributed by atoms with E-state index in [1.165, 1.54) is 6.33 Å². The molecule has 0 saturated carbocycles.